The molecule has 1 amide bonds. The molecule has 4 heteroatoms. The normalized spacial score (nSPS) is 11.4. The molecule has 0 unspecified atom stereocenters. The quantitative estimate of drug-likeness (QED) is 0.483. The van der Waals surface area contributed by atoms with Gasteiger partial charge >= 0.3 is 0 Å². The Bertz CT molecular complexity index is 460. The molecule has 0 aliphatic rings. The lowest BCUT2D eigenvalue weighted by atomic mass is 9.87. The topological polar surface area (TPSA) is 29.1 Å². The Morgan fingerprint density at radius 1 is 1.35 bits per heavy atom. The lowest BCUT2D eigenvalue weighted by molar-refractivity contribution is 0.0933. The number of rotatable bonds is 7. The summed E-state index contributed by atoms with van der Waals surface area (Å²) in [6, 6.07) is 5.39. The second-order valence-corrected chi connectivity index (χ2v) is 7.53. The average molecular weight is 408 g/mol. The molecule has 0 heterocycles. The molecule has 0 aliphatic carbocycles. The lowest BCUT2D eigenvalue weighted by Crippen LogP contribution is -2.34. The van der Waals surface area contributed by atoms with Crippen LogP contribution in [-0.4, -0.2) is 12.5 Å². The van der Waals surface area contributed by atoms with Gasteiger partial charge in [0, 0.05) is 15.1 Å². The SMILES string of the molecule is CCCCCC(C)(C)CNC(=O)c1cc(Cl)ccc1I. The molecule has 2 nitrogen and oxygen atoms in total. The number of hydrogen-bond acceptors (Lipinski definition) is 1. The fourth-order valence-electron chi connectivity index (χ4n) is 2.03. The van der Waals surface area contributed by atoms with E-state index in [1.165, 1.54) is 19.3 Å². The fourth-order valence-corrected chi connectivity index (χ4v) is 2.78. The molecule has 112 valence electrons. The van der Waals surface area contributed by atoms with E-state index in [-0.39, 0.29) is 11.3 Å². The molecule has 0 fully saturated rings. The van der Waals surface area contributed by atoms with Crippen molar-refractivity contribution in [3.8, 4) is 0 Å². The molecule has 1 aromatic rings. The second-order valence-electron chi connectivity index (χ2n) is 5.93. The summed E-state index contributed by atoms with van der Waals surface area (Å²) in [6.07, 6.45) is 4.83. The molecule has 0 radical (unpaired) electrons. The zero-order chi connectivity index (χ0) is 15.2. The predicted octanol–water partition coefficient (Wildman–Crippen LogP) is 5.28. The second kappa shape index (κ2) is 8.23. The number of benzene rings is 1. The van der Waals surface area contributed by atoms with Gasteiger partial charge in [-0.2, -0.15) is 0 Å². The number of carbonyl (C=O) groups excluding carboxylic acids is 1. The summed E-state index contributed by atoms with van der Waals surface area (Å²) in [4.78, 5) is 12.2. The van der Waals surface area contributed by atoms with Crippen molar-refractivity contribution in [1.82, 2.24) is 5.32 Å². The summed E-state index contributed by atoms with van der Waals surface area (Å²) in [7, 11) is 0. The van der Waals surface area contributed by atoms with Crippen LogP contribution in [0.2, 0.25) is 5.02 Å². The van der Waals surface area contributed by atoms with Crippen LogP contribution >= 0.6 is 34.2 Å². The Morgan fingerprint density at radius 3 is 2.70 bits per heavy atom. The summed E-state index contributed by atoms with van der Waals surface area (Å²) >= 11 is 8.11. The van der Waals surface area contributed by atoms with Gasteiger partial charge in [0.2, 0.25) is 0 Å². The van der Waals surface area contributed by atoms with Crippen molar-refractivity contribution < 1.29 is 4.79 Å². The standard InChI is InChI=1S/C16H23ClINO/c1-4-5-6-9-16(2,3)11-19-15(20)13-10-12(17)7-8-14(13)18/h7-8,10H,4-6,9,11H2,1-3H3,(H,19,20). The maximum absolute atomic E-state index is 12.2. The van der Waals surface area contributed by atoms with E-state index >= 15 is 0 Å². The first kappa shape index (κ1) is 17.8. The first-order valence-electron chi connectivity index (χ1n) is 7.09. The Balaban J connectivity index is 2.56. The minimum atomic E-state index is -0.0412. The van der Waals surface area contributed by atoms with Crippen LogP contribution in [0.1, 0.15) is 56.8 Å². The molecule has 0 saturated heterocycles. The summed E-state index contributed by atoms with van der Waals surface area (Å²) in [5, 5.41) is 3.63. The zero-order valence-corrected chi connectivity index (χ0v) is 15.3. The van der Waals surface area contributed by atoms with Crippen LogP contribution in [0.25, 0.3) is 0 Å². The summed E-state index contributed by atoms with van der Waals surface area (Å²) in [6.45, 7) is 7.30. The molecule has 1 N–H and O–H groups in total. The summed E-state index contributed by atoms with van der Waals surface area (Å²) in [5.74, 6) is -0.0412. The minimum absolute atomic E-state index is 0.0412. The molecular weight excluding hydrogens is 385 g/mol. The molecule has 0 saturated carbocycles. The van der Waals surface area contributed by atoms with E-state index in [2.05, 4.69) is 48.7 Å². The first-order valence-corrected chi connectivity index (χ1v) is 8.54. The van der Waals surface area contributed by atoms with E-state index in [0.29, 0.717) is 17.1 Å². The highest BCUT2D eigenvalue weighted by atomic mass is 127. The van der Waals surface area contributed by atoms with Crippen LogP contribution in [0.5, 0.6) is 0 Å². The van der Waals surface area contributed by atoms with E-state index in [0.717, 1.165) is 9.99 Å². The molecule has 0 atom stereocenters. The van der Waals surface area contributed by atoms with Gasteiger partial charge in [-0.05, 0) is 52.6 Å². The number of carbonyl (C=O) groups is 1. The van der Waals surface area contributed by atoms with Gasteiger partial charge < -0.3 is 5.32 Å². The molecule has 0 bridgehead atoms. The van der Waals surface area contributed by atoms with Crippen molar-refractivity contribution in [1.29, 1.82) is 0 Å². The van der Waals surface area contributed by atoms with Crippen molar-refractivity contribution in [2.45, 2.75) is 46.5 Å². The highest BCUT2D eigenvalue weighted by Gasteiger charge is 2.19. The molecule has 1 rings (SSSR count). The highest BCUT2D eigenvalue weighted by molar-refractivity contribution is 14.1. The maximum atomic E-state index is 12.2. The smallest absolute Gasteiger partial charge is 0.252 e. The van der Waals surface area contributed by atoms with Crippen molar-refractivity contribution in [3.05, 3.63) is 32.4 Å². The summed E-state index contributed by atoms with van der Waals surface area (Å²) < 4.78 is 0.924. The molecule has 0 aromatic heterocycles. The fraction of sp³-hybridized carbons (Fsp3) is 0.562. The number of hydrogen-bond donors (Lipinski definition) is 1. The average Bonchev–Trinajstić information content (AvgIpc) is 2.39. The van der Waals surface area contributed by atoms with Gasteiger partial charge in [-0.3, -0.25) is 4.79 Å². The maximum Gasteiger partial charge on any atom is 0.252 e. The van der Waals surface area contributed by atoms with Gasteiger partial charge in [0.05, 0.1) is 5.56 Å². The minimum Gasteiger partial charge on any atom is -0.351 e. The van der Waals surface area contributed by atoms with Crippen LogP contribution in [0.4, 0.5) is 0 Å². The number of nitrogens with one attached hydrogen (secondary N) is 1. The molecule has 0 aliphatic heterocycles. The molecule has 1 aromatic carbocycles. The van der Waals surface area contributed by atoms with Crippen molar-refractivity contribution in [2.24, 2.45) is 5.41 Å². The molecular formula is C16H23ClINO. The Kier molecular flexibility index (Phi) is 7.30. The van der Waals surface area contributed by atoms with Gasteiger partial charge in [0.15, 0.2) is 0 Å². The van der Waals surface area contributed by atoms with Crippen molar-refractivity contribution >= 4 is 40.1 Å². The molecule has 0 spiro atoms. The third-order valence-corrected chi connectivity index (χ3v) is 4.53. The predicted molar refractivity (Wildman–Crippen MR) is 94.4 cm³/mol. The molecule has 20 heavy (non-hydrogen) atoms. The van der Waals surface area contributed by atoms with Crippen LogP contribution < -0.4 is 5.32 Å². The van der Waals surface area contributed by atoms with E-state index < -0.39 is 0 Å². The first-order chi connectivity index (χ1) is 9.35. The highest BCUT2D eigenvalue weighted by Crippen LogP contribution is 2.23. The number of halogens is 2. The van der Waals surface area contributed by atoms with Crippen molar-refractivity contribution in [2.75, 3.05) is 6.54 Å². The lowest BCUT2D eigenvalue weighted by Gasteiger charge is -2.25. The van der Waals surface area contributed by atoms with Gasteiger partial charge in [0.25, 0.3) is 5.91 Å². The Morgan fingerprint density at radius 2 is 2.05 bits per heavy atom. The Labute approximate surface area is 140 Å². The number of amides is 1. The van der Waals surface area contributed by atoms with Crippen LogP contribution in [0.3, 0.4) is 0 Å². The van der Waals surface area contributed by atoms with Gasteiger partial charge in [0.1, 0.15) is 0 Å². The van der Waals surface area contributed by atoms with Gasteiger partial charge in [-0.25, -0.2) is 0 Å². The van der Waals surface area contributed by atoms with Gasteiger partial charge in [-0.15, -0.1) is 0 Å². The van der Waals surface area contributed by atoms with Crippen LogP contribution in [0, 0.1) is 8.99 Å². The largest absolute Gasteiger partial charge is 0.351 e. The monoisotopic (exact) mass is 407 g/mol. The Hall–Kier alpha value is -0.290. The van der Waals surface area contributed by atoms with Gasteiger partial charge in [-0.1, -0.05) is 51.6 Å². The third kappa shape index (κ3) is 6.00. The van der Waals surface area contributed by atoms with Crippen molar-refractivity contribution in [3.63, 3.8) is 0 Å². The van der Waals surface area contributed by atoms with E-state index in [9.17, 15) is 4.79 Å². The van der Waals surface area contributed by atoms with Crippen LogP contribution in [-0.2, 0) is 0 Å². The van der Waals surface area contributed by atoms with E-state index in [4.69, 9.17) is 11.6 Å². The van der Waals surface area contributed by atoms with E-state index in [1.54, 1.807) is 12.1 Å². The number of unbranched alkanes of at least 4 members (excludes halogenated alkanes) is 2. The summed E-state index contributed by atoms with van der Waals surface area (Å²) in [5.41, 5.74) is 0.789. The zero-order valence-electron chi connectivity index (χ0n) is 12.4. The van der Waals surface area contributed by atoms with Crippen LogP contribution in [0.15, 0.2) is 18.2 Å². The third-order valence-electron chi connectivity index (χ3n) is 3.36. The van der Waals surface area contributed by atoms with E-state index in [1.807, 2.05) is 6.07 Å².